The van der Waals surface area contributed by atoms with E-state index in [1.54, 1.807) is 0 Å². The van der Waals surface area contributed by atoms with Crippen molar-refractivity contribution in [3.63, 3.8) is 0 Å². The molecule has 1 heterocycles. The molecule has 0 saturated carbocycles. The van der Waals surface area contributed by atoms with Gasteiger partial charge in [0.2, 0.25) is 0 Å². The Morgan fingerprint density at radius 2 is 1.89 bits per heavy atom. The highest BCUT2D eigenvalue weighted by Gasteiger charge is 2.10. The molecule has 0 aliphatic carbocycles. The zero-order valence-electron chi connectivity index (χ0n) is 11.7. The molecular weight excluding hydrogens is 236 g/mol. The maximum atomic E-state index is 5.70. The molecule has 0 aliphatic heterocycles. The molecule has 2 aromatic rings. The number of nitrogens with two attached hydrogens (primary N) is 1. The first kappa shape index (κ1) is 13.5. The van der Waals surface area contributed by atoms with Crippen LogP contribution in [0.3, 0.4) is 0 Å². The minimum Gasteiger partial charge on any atom is -0.325 e. The number of hydrogen-bond acceptors (Lipinski definition) is 3. The van der Waals surface area contributed by atoms with E-state index in [0.29, 0.717) is 6.54 Å². The second-order valence-corrected chi connectivity index (χ2v) is 4.91. The van der Waals surface area contributed by atoms with E-state index in [1.165, 1.54) is 5.56 Å². The Kier molecular flexibility index (Phi) is 4.12. The Morgan fingerprint density at radius 3 is 2.47 bits per heavy atom. The van der Waals surface area contributed by atoms with Crippen molar-refractivity contribution in [2.75, 3.05) is 0 Å². The average Bonchev–Trinajstić information content (AvgIpc) is 2.81. The van der Waals surface area contributed by atoms with Crippen molar-refractivity contribution >= 4 is 12.2 Å². The number of nitrogens with zero attached hydrogens (tertiary/aromatic N) is 3. The van der Waals surface area contributed by atoms with Gasteiger partial charge in [0.15, 0.2) is 0 Å². The number of benzene rings is 1. The van der Waals surface area contributed by atoms with Crippen LogP contribution in [0.1, 0.15) is 42.4 Å². The molecule has 1 aromatic carbocycles. The van der Waals surface area contributed by atoms with Crippen LogP contribution in [-0.2, 0) is 6.54 Å². The smallest absolute Gasteiger partial charge is 0.104 e. The third-order valence-electron chi connectivity index (χ3n) is 3.00. The van der Waals surface area contributed by atoms with Gasteiger partial charge in [-0.15, -0.1) is 5.10 Å². The Bertz CT molecular complexity index is 564. The molecule has 0 unspecified atom stereocenters. The Morgan fingerprint density at radius 1 is 1.21 bits per heavy atom. The first-order valence-corrected chi connectivity index (χ1v) is 6.50. The molecule has 0 amide bonds. The first-order valence-electron chi connectivity index (χ1n) is 6.50. The summed E-state index contributed by atoms with van der Waals surface area (Å²) in [4.78, 5) is 0. The highest BCUT2D eigenvalue weighted by molar-refractivity contribution is 5.69. The van der Waals surface area contributed by atoms with E-state index in [4.69, 9.17) is 5.73 Å². The summed E-state index contributed by atoms with van der Waals surface area (Å²) in [6, 6.07) is 8.66. The zero-order valence-corrected chi connectivity index (χ0v) is 11.7. The summed E-state index contributed by atoms with van der Waals surface area (Å²) in [5.74, 6) is 0. The number of aromatic nitrogens is 3. The summed E-state index contributed by atoms with van der Waals surface area (Å²) in [5.41, 5.74) is 9.93. The Hall–Kier alpha value is -1.94. The second-order valence-electron chi connectivity index (χ2n) is 4.91. The fourth-order valence-corrected chi connectivity index (χ4v) is 1.89. The van der Waals surface area contributed by atoms with Gasteiger partial charge in [0, 0.05) is 12.6 Å². The number of hydrogen-bond donors (Lipinski definition) is 1. The molecule has 0 saturated heterocycles. The molecule has 0 atom stereocenters. The van der Waals surface area contributed by atoms with E-state index in [9.17, 15) is 0 Å². The van der Waals surface area contributed by atoms with Crippen molar-refractivity contribution in [2.24, 2.45) is 5.73 Å². The molecule has 0 bridgehead atoms. The van der Waals surface area contributed by atoms with Crippen LogP contribution in [0.2, 0.25) is 0 Å². The maximum Gasteiger partial charge on any atom is 0.104 e. The van der Waals surface area contributed by atoms with Gasteiger partial charge in [-0.2, -0.15) is 0 Å². The number of rotatable bonds is 4. The molecule has 0 aliphatic rings. The van der Waals surface area contributed by atoms with Crippen LogP contribution in [0.15, 0.2) is 24.3 Å². The van der Waals surface area contributed by atoms with Gasteiger partial charge < -0.3 is 5.73 Å². The lowest BCUT2D eigenvalue weighted by Gasteiger charge is -2.07. The van der Waals surface area contributed by atoms with E-state index in [1.807, 2.05) is 10.8 Å². The molecule has 0 fully saturated rings. The Balaban J connectivity index is 2.31. The molecule has 100 valence electrons. The van der Waals surface area contributed by atoms with Gasteiger partial charge in [-0.05, 0) is 32.4 Å². The molecule has 4 heteroatoms. The summed E-state index contributed by atoms with van der Waals surface area (Å²) < 4.78 is 1.90. The Labute approximate surface area is 113 Å². The van der Waals surface area contributed by atoms with Crippen molar-refractivity contribution in [2.45, 2.75) is 33.4 Å². The zero-order chi connectivity index (χ0) is 13.8. The van der Waals surface area contributed by atoms with Gasteiger partial charge >= 0.3 is 0 Å². The van der Waals surface area contributed by atoms with Gasteiger partial charge in [0.1, 0.15) is 5.69 Å². The fourth-order valence-electron chi connectivity index (χ4n) is 1.89. The van der Waals surface area contributed by atoms with Gasteiger partial charge in [0.05, 0.1) is 5.69 Å². The van der Waals surface area contributed by atoms with Crippen LogP contribution >= 0.6 is 0 Å². The molecule has 1 aromatic heterocycles. The van der Waals surface area contributed by atoms with E-state index < -0.39 is 0 Å². The molecule has 0 spiro atoms. The number of aryl methyl sites for hydroxylation is 1. The highest BCUT2D eigenvalue weighted by atomic mass is 15.4. The topological polar surface area (TPSA) is 56.7 Å². The highest BCUT2D eigenvalue weighted by Crippen LogP contribution is 2.15. The normalized spacial score (nSPS) is 11.6. The van der Waals surface area contributed by atoms with E-state index in [-0.39, 0.29) is 6.04 Å². The predicted octanol–water partition coefficient (Wildman–Crippen LogP) is 2.80. The summed E-state index contributed by atoms with van der Waals surface area (Å²) in [6.45, 7) is 6.65. The summed E-state index contributed by atoms with van der Waals surface area (Å²) >= 11 is 0. The average molecular weight is 256 g/mol. The third kappa shape index (κ3) is 3.09. The van der Waals surface area contributed by atoms with Crippen LogP contribution < -0.4 is 5.73 Å². The van der Waals surface area contributed by atoms with Gasteiger partial charge in [0.25, 0.3) is 0 Å². The van der Waals surface area contributed by atoms with E-state index >= 15 is 0 Å². The standard InChI is InChI=1S/C15H20N4/c1-11(2)19-15(14(10-16)17-18-19)9-8-13-6-4-12(3)5-7-13/h4-9,11H,10,16H2,1-3H3/b9-8+. The SMILES string of the molecule is Cc1ccc(/C=C/c2c(CN)nnn2C(C)C)cc1. The van der Waals surface area contributed by atoms with E-state index in [0.717, 1.165) is 17.0 Å². The van der Waals surface area contributed by atoms with Crippen LogP contribution in [0.5, 0.6) is 0 Å². The molecule has 2 N–H and O–H groups in total. The minimum absolute atomic E-state index is 0.269. The maximum absolute atomic E-state index is 5.70. The molecule has 19 heavy (non-hydrogen) atoms. The van der Waals surface area contributed by atoms with Crippen molar-refractivity contribution in [3.05, 3.63) is 46.8 Å². The summed E-state index contributed by atoms with van der Waals surface area (Å²) in [5, 5.41) is 8.27. The monoisotopic (exact) mass is 256 g/mol. The minimum atomic E-state index is 0.269. The second kappa shape index (κ2) is 5.80. The lowest BCUT2D eigenvalue weighted by molar-refractivity contribution is 0.510. The largest absolute Gasteiger partial charge is 0.325 e. The van der Waals surface area contributed by atoms with Crippen LogP contribution in [-0.4, -0.2) is 15.0 Å². The van der Waals surface area contributed by atoms with E-state index in [2.05, 4.69) is 61.4 Å². The van der Waals surface area contributed by atoms with Gasteiger partial charge in [-0.3, -0.25) is 0 Å². The molecule has 0 radical (unpaired) electrons. The third-order valence-corrected chi connectivity index (χ3v) is 3.00. The summed E-state index contributed by atoms with van der Waals surface area (Å²) in [7, 11) is 0. The first-order chi connectivity index (χ1) is 9.11. The molecule has 4 nitrogen and oxygen atoms in total. The fraction of sp³-hybridized carbons (Fsp3) is 0.333. The van der Waals surface area contributed by atoms with Crippen molar-refractivity contribution < 1.29 is 0 Å². The van der Waals surface area contributed by atoms with Crippen molar-refractivity contribution in [1.82, 2.24) is 15.0 Å². The summed E-state index contributed by atoms with van der Waals surface area (Å²) in [6.07, 6.45) is 4.10. The van der Waals surface area contributed by atoms with Crippen LogP contribution in [0.25, 0.3) is 12.2 Å². The van der Waals surface area contributed by atoms with Crippen LogP contribution in [0.4, 0.5) is 0 Å². The van der Waals surface area contributed by atoms with Crippen molar-refractivity contribution in [1.29, 1.82) is 0 Å². The predicted molar refractivity (Wildman–Crippen MR) is 78.4 cm³/mol. The van der Waals surface area contributed by atoms with Gasteiger partial charge in [-0.25, -0.2) is 4.68 Å². The lowest BCUT2D eigenvalue weighted by atomic mass is 10.1. The lowest BCUT2D eigenvalue weighted by Crippen LogP contribution is -2.06. The van der Waals surface area contributed by atoms with Crippen LogP contribution in [0, 0.1) is 6.92 Å². The molecular formula is C15H20N4. The van der Waals surface area contributed by atoms with Gasteiger partial charge in [-0.1, -0.05) is 41.1 Å². The van der Waals surface area contributed by atoms with Crippen molar-refractivity contribution in [3.8, 4) is 0 Å². The quantitative estimate of drug-likeness (QED) is 0.915. The molecule has 2 rings (SSSR count).